The van der Waals surface area contributed by atoms with Gasteiger partial charge in [-0.15, -0.1) is 0 Å². The summed E-state index contributed by atoms with van der Waals surface area (Å²) in [7, 11) is 0. The van der Waals surface area contributed by atoms with Gasteiger partial charge in [0.25, 0.3) is 11.8 Å². The van der Waals surface area contributed by atoms with Gasteiger partial charge >= 0.3 is 0 Å². The van der Waals surface area contributed by atoms with Crippen LogP contribution in [0.25, 0.3) is 0 Å². The minimum absolute atomic E-state index is 0.0142. The Morgan fingerprint density at radius 2 is 1.59 bits per heavy atom. The molecule has 0 radical (unpaired) electrons. The Bertz CT molecular complexity index is 1470. The van der Waals surface area contributed by atoms with Crippen LogP contribution in [-0.2, 0) is 24.0 Å². The van der Waals surface area contributed by atoms with Crippen molar-refractivity contribution < 1.29 is 28.8 Å². The second-order valence-electron chi connectivity index (χ2n) is 16.2. The summed E-state index contributed by atoms with van der Waals surface area (Å²) in [5.74, 6) is -2.95. The van der Waals surface area contributed by atoms with E-state index in [2.05, 4.69) is 31.2 Å². The third kappa shape index (κ3) is 7.96. The fourth-order valence-electron chi connectivity index (χ4n) is 9.28. The van der Waals surface area contributed by atoms with Crippen molar-refractivity contribution in [1.29, 1.82) is 0 Å². The summed E-state index contributed by atoms with van der Waals surface area (Å²) in [6.45, 7) is 5.84. The molecule has 0 spiro atoms. The Morgan fingerprint density at radius 1 is 0.902 bits per heavy atom. The molecular formula is C38H55N7O6. The molecule has 2 saturated heterocycles. The number of rotatable bonds is 13. The van der Waals surface area contributed by atoms with Crippen LogP contribution in [0.3, 0.4) is 0 Å². The molecule has 5 aliphatic rings. The monoisotopic (exact) mass is 705 g/mol. The van der Waals surface area contributed by atoms with Crippen molar-refractivity contribution >= 4 is 35.3 Å². The lowest BCUT2D eigenvalue weighted by Crippen LogP contribution is -2.58. The number of nitrogens with one attached hydrogen (secondary N) is 4. The molecule has 13 nitrogen and oxygen atoms in total. The van der Waals surface area contributed by atoms with Crippen LogP contribution in [0, 0.1) is 23.2 Å². The number of fused-ring (bicyclic) bond motifs is 1. The van der Waals surface area contributed by atoms with E-state index in [0.29, 0.717) is 19.3 Å². The molecule has 51 heavy (non-hydrogen) atoms. The molecule has 278 valence electrons. The van der Waals surface area contributed by atoms with Gasteiger partial charge in [0.2, 0.25) is 23.5 Å². The van der Waals surface area contributed by atoms with E-state index in [0.717, 1.165) is 77.0 Å². The summed E-state index contributed by atoms with van der Waals surface area (Å²) in [6, 6.07) is -3.90. The number of carbonyl (C=O) groups excluding carboxylic acids is 6. The highest BCUT2D eigenvalue weighted by Crippen LogP contribution is 2.51. The van der Waals surface area contributed by atoms with Crippen LogP contribution in [0.2, 0.25) is 0 Å². The molecule has 4 N–H and O–H groups in total. The number of nitrogens with zero attached hydrogens (tertiary/aromatic N) is 3. The van der Waals surface area contributed by atoms with Crippen molar-refractivity contribution in [2.24, 2.45) is 23.2 Å². The zero-order valence-electron chi connectivity index (χ0n) is 30.3. The summed E-state index contributed by atoms with van der Waals surface area (Å²) >= 11 is 0. The van der Waals surface area contributed by atoms with E-state index < -0.39 is 59.0 Å². The second kappa shape index (κ2) is 15.8. The van der Waals surface area contributed by atoms with Gasteiger partial charge < -0.3 is 26.2 Å². The Labute approximate surface area is 300 Å². The predicted octanol–water partition coefficient (Wildman–Crippen LogP) is 2.98. The van der Waals surface area contributed by atoms with Crippen molar-refractivity contribution in [2.75, 3.05) is 0 Å². The number of hydrogen-bond acceptors (Lipinski definition) is 8. The first-order valence-corrected chi connectivity index (χ1v) is 19.4. The first-order valence-electron chi connectivity index (χ1n) is 19.4. The molecule has 2 aliphatic heterocycles. The number of ketones is 1. The van der Waals surface area contributed by atoms with Crippen LogP contribution in [-0.4, -0.2) is 86.4 Å². The standard InChI is InChI=1S/C38H55N7O6/c1-4-11-26(31(46)36(50)41-24-16-17-24)42-35(49)30-25(22-12-7-5-8-13-22)20-28-38(2,3)32(37(51)45(28)30)44-34(48)29(23-14-9-6-10-15-23)43-33(47)27-21-39-18-19-40-27/h18-19,21-26,28-30,32H,4-17,20H2,1-3H3,(H,41,50)(H,42,49)(H,43,47)(H,44,48)/t25-,26?,28?,29+,30+,32-/m1/s1. The molecule has 6 atom stereocenters. The third-order valence-electron chi connectivity index (χ3n) is 12.3. The summed E-state index contributed by atoms with van der Waals surface area (Å²) in [5.41, 5.74) is -0.625. The van der Waals surface area contributed by atoms with Crippen molar-refractivity contribution in [2.45, 2.75) is 153 Å². The lowest BCUT2D eigenvalue weighted by molar-refractivity contribution is -0.143. The summed E-state index contributed by atoms with van der Waals surface area (Å²) < 4.78 is 0. The van der Waals surface area contributed by atoms with Gasteiger partial charge in [-0.05, 0) is 56.3 Å². The van der Waals surface area contributed by atoms with E-state index in [4.69, 9.17) is 0 Å². The van der Waals surface area contributed by atoms with Crippen LogP contribution in [0.4, 0.5) is 0 Å². The lowest BCUT2D eigenvalue weighted by atomic mass is 9.72. The first kappa shape index (κ1) is 36.9. The number of amides is 5. The molecule has 3 saturated carbocycles. The van der Waals surface area contributed by atoms with Crippen molar-refractivity contribution in [3.63, 3.8) is 0 Å². The fraction of sp³-hybridized carbons (Fsp3) is 0.737. The Kier molecular flexibility index (Phi) is 11.4. The van der Waals surface area contributed by atoms with Crippen LogP contribution < -0.4 is 21.3 Å². The maximum absolute atomic E-state index is 14.6. The van der Waals surface area contributed by atoms with Crippen molar-refractivity contribution in [3.05, 3.63) is 24.3 Å². The SMILES string of the molecule is CCCC(NC(=O)[C@@H]1[C@@H](C2CCCCC2)CC2N1C(=O)[C@@H](NC(=O)[C@@H](NC(=O)c1cnccn1)C1CCCCC1)C2(C)C)C(=O)C(=O)NC1CC1. The zero-order valence-corrected chi connectivity index (χ0v) is 30.3. The molecule has 13 heteroatoms. The van der Waals surface area contributed by atoms with Crippen LogP contribution in [0.5, 0.6) is 0 Å². The largest absolute Gasteiger partial charge is 0.347 e. The topological polar surface area (TPSA) is 180 Å². The van der Waals surface area contributed by atoms with Crippen molar-refractivity contribution in [1.82, 2.24) is 36.1 Å². The molecule has 1 aromatic rings. The maximum atomic E-state index is 14.6. The average Bonchev–Trinajstić information content (AvgIpc) is 3.83. The van der Waals surface area contributed by atoms with Crippen molar-refractivity contribution in [3.8, 4) is 0 Å². The van der Waals surface area contributed by atoms with Crippen LogP contribution in [0.15, 0.2) is 18.6 Å². The van der Waals surface area contributed by atoms with Crippen LogP contribution in [0.1, 0.15) is 128 Å². The predicted molar refractivity (Wildman–Crippen MR) is 188 cm³/mol. The smallest absolute Gasteiger partial charge is 0.289 e. The van der Waals surface area contributed by atoms with E-state index in [1.807, 2.05) is 20.8 Å². The third-order valence-corrected chi connectivity index (χ3v) is 12.3. The van der Waals surface area contributed by atoms with Gasteiger partial charge in [-0.2, -0.15) is 0 Å². The van der Waals surface area contributed by atoms with E-state index in [9.17, 15) is 28.8 Å². The minimum atomic E-state index is -0.984. The molecule has 1 aromatic heterocycles. The molecule has 0 bridgehead atoms. The lowest BCUT2D eigenvalue weighted by Gasteiger charge is -2.35. The molecule has 5 fully saturated rings. The average molecular weight is 706 g/mol. The molecule has 2 unspecified atom stereocenters. The summed E-state index contributed by atoms with van der Waals surface area (Å²) in [6.07, 6.45) is 17.2. The summed E-state index contributed by atoms with van der Waals surface area (Å²) in [5, 5.41) is 11.6. The van der Waals surface area contributed by atoms with Gasteiger partial charge in [-0.1, -0.05) is 78.6 Å². The van der Waals surface area contributed by atoms with E-state index in [1.165, 1.54) is 18.6 Å². The molecule has 3 aliphatic carbocycles. The highest BCUT2D eigenvalue weighted by atomic mass is 16.2. The van der Waals surface area contributed by atoms with Crippen LogP contribution >= 0.6 is 0 Å². The Morgan fingerprint density at radius 3 is 2.22 bits per heavy atom. The Balaban J connectivity index is 1.24. The van der Waals surface area contributed by atoms with Gasteiger partial charge in [0.05, 0.1) is 12.2 Å². The molecule has 5 amide bonds. The van der Waals surface area contributed by atoms with E-state index >= 15 is 0 Å². The molecule has 3 heterocycles. The highest BCUT2D eigenvalue weighted by molar-refractivity contribution is 6.38. The van der Waals surface area contributed by atoms with Gasteiger partial charge in [-0.3, -0.25) is 33.8 Å². The van der Waals surface area contributed by atoms with Gasteiger partial charge in [0.15, 0.2) is 0 Å². The molecular weight excluding hydrogens is 650 g/mol. The second-order valence-corrected chi connectivity index (χ2v) is 16.2. The fourth-order valence-corrected chi connectivity index (χ4v) is 9.28. The van der Waals surface area contributed by atoms with Gasteiger partial charge in [0, 0.05) is 29.9 Å². The molecule has 6 rings (SSSR count). The Hall–Kier alpha value is -3.90. The van der Waals surface area contributed by atoms with Gasteiger partial charge in [-0.25, -0.2) is 4.98 Å². The highest BCUT2D eigenvalue weighted by Gasteiger charge is 2.63. The van der Waals surface area contributed by atoms with E-state index in [1.54, 1.807) is 4.90 Å². The number of Topliss-reactive ketones (excluding diaryl/α,β-unsaturated/α-hetero) is 1. The molecule has 0 aromatic carbocycles. The quantitative estimate of drug-likeness (QED) is 0.226. The normalized spacial score (nSPS) is 27.6. The number of aromatic nitrogens is 2. The minimum Gasteiger partial charge on any atom is -0.347 e. The van der Waals surface area contributed by atoms with Gasteiger partial charge in [0.1, 0.15) is 23.8 Å². The zero-order chi connectivity index (χ0) is 36.3. The summed E-state index contributed by atoms with van der Waals surface area (Å²) in [4.78, 5) is 92.2. The number of hydrogen-bond donors (Lipinski definition) is 4. The number of carbonyl (C=O) groups is 6. The first-order chi connectivity index (χ1) is 24.5. The van der Waals surface area contributed by atoms with E-state index in [-0.39, 0.29) is 41.4 Å². The maximum Gasteiger partial charge on any atom is 0.289 e.